The van der Waals surface area contributed by atoms with E-state index in [1.165, 1.54) is 0 Å². The topological polar surface area (TPSA) is 103 Å². The molecule has 2 aromatic heterocycles. The number of aliphatic hydroxyl groups excluding tert-OH is 1. The lowest BCUT2D eigenvalue weighted by molar-refractivity contribution is -0.117. The van der Waals surface area contributed by atoms with Gasteiger partial charge in [0.15, 0.2) is 0 Å². The zero-order valence-corrected chi connectivity index (χ0v) is 18.9. The van der Waals surface area contributed by atoms with E-state index in [0.29, 0.717) is 12.5 Å². The number of anilines is 2. The number of rotatable bonds is 6. The van der Waals surface area contributed by atoms with Crippen LogP contribution in [0.3, 0.4) is 0 Å². The molecule has 172 valence electrons. The van der Waals surface area contributed by atoms with Gasteiger partial charge in [-0.15, -0.1) is 0 Å². The molecule has 1 fully saturated rings. The Morgan fingerprint density at radius 3 is 2.76 bits per heavy atom. The monoisotopic (exact) mass is 447 g/mol. The van der Waals surface area contributed by atoms with Gasteiger partial charge in [-0.1, -0.05) is 13.0 Å². The van der Waals surface area contributed by atoms with Crippen molar-refractivity contribution in [3.05, 3.63) is 64.8 Å². The largest absolute Gasteiger partial charge is 0.394 e. The predicted octanol–water partition coefficient (Wildman–Crippen LogP) is 3.17. The summed E-state index contributed by atoms with van der Waals surface area (Å²) < 4.78 is 1.72. The number of H-pyrrole nitrogens is 1. The quantitative estimate of drug-likeness (QED) is 0.539. The summed E-state index contributed by atoms with van der Waals surface area (Å²) in [5.41, 5.74) is 4.50. The maximum atomic E-state index is 12.8. The van der Waals surface area contributed by atoms with Gasteiger partial charge >= 0.3 is 0 Å². The Labute approximate surface area is 192 Å². The first-order valence-corrected chi connectivity index (χ1v) is 11.5. The molecule has 1 amide bonds. The smallest absolute Gasteiger partial charge is 0.249 e. The Balaban J connectivity index is 1.61. The third-order valence-corrected chi connectivity index (χ3v) is 6.82. The van der Waals surface area contributed by atoms with Gasteiger partial charge in [0, 0.05) is 54.3 Å². The van der Waals surface area contributed by atoms with Crippen molar-refractivity contribution < 1.29 is 9.90 Å². The zero-order chi connectivity index (χ0) is 23.1. The van der Waals surface area contributed by atoms with Crippen LogP contribution in [0.5, 0.6) is 0 Å². The molecular formula is C25H29N5O3. The minimum atomic E-state index is -0.155. The summed E-state index contributed by atoms with van der Waals surface area (Å²) >= 11 is 0. The number of hydrogen-bond donors (Lipinski definition) is 3. The molecule has 3 N–H and O–H groups in total. The summed E-state index contributed by atoms with van der Waals surface area (Å²) in [6, 6.07) is 9.67. The van der Waals surface area contributed by atoms with Crippen LogP contribution < -0.4 is 15.8 Å². The summed E-state index contributed by atoms with van der Waals surface area (Å²) in [5, 5.41) is 17.1. The van der Waals surface area contributed by atoms with Crippen molar-refractivity contribution in [3.8, 4) is 11.1 Å². The molecule has 3 atom stereocenters. The van der Waals surface area contributed by atoms with Crippen molar-refractivity contribution in [2.24, 2.45) is 11.8 Å². The molecule has 0 saturated heterocycles. The highest BCUT2D eigenvalue weighted by Crippen LogP contribution is 2.50. The number of nitrogens with one attached hydrogen (secondary N) is 2. The van der Waals surface area contributed by atoms with Crippen molar-refractivity contribution in [3.63, 3.8) is 0 Å². The lowest BCUT2D eigenvalue weighted by Gasteiger charge is -2.46. The van der Waals surface area contributed by atoms with Gasteiger partial charge in [-0.3, -0.25) is 14.3 Å². The molecule has 8 nitrogen and oxygen atoms in total. The molecule has 0 radical (unpaired) electrons. The molecule has 8 heteroatoms. The van der Waals surface area contributed by atoms with Crippen molar-refractivity contribution in [1.29, 1.82) is 0 Å². The van der Waals surface area contributed by atoms with E-state index in [1.807, 2.05) is 29.3 Å². The highest BCUT2D eigenvalue weighted by atomic mass is 16.3. The molecule has 1 aromatic carbocycles. The minimum Gasteiger partial charge on any atom is -0.394 e. The summed E-state index contributed by atoms with van der Waals surface area (Å²) in [4.78, 5) is 29.4. The number of nitrogens with zero attached hydrogens (tertiary/aromatic N) is 3. The normalized spacial score (nSPS) is 22.2. The number of aromatic nitrogens is 3. The van der Waals surface area contributed by atoms with Gasteiger partial charge in [-0.25, -0.2) is 0 Å². The first-order chi connectivity index (χ1) is 16.0. The summed E-state index contributed by atoms with van der Waals surface area (Å²) in [6.07, 6.45) is 7.62. The van der Waals surface area contributed by atoms with Crippen LogP contribution in [-0.2, 0) is 11.3 Å². The molecule has 0 unspecified atom stereocenters. The van der Waals surface area contributed by atoms with Crippen LogP contribution in [0.4, 0.5) is 11.4 Å². The van der Waals surface area contributed by atoms with Crippen LogP contribution >= 0.6 is 0 Å². The number of fused-ring (bicyclic) bond motifs is 1. The molecule has 1 saturated carbocycles. The van der Waals surface area contributed by atoms with Crippen LogP contribution in [0.1, 0.15) is 38.3 Å². The van der Waals surface area contributed by atoms with Crippen molar-refractivity contribution in [1.82, 2.24) is 14.8 Å². The number of hydrogen-bond acceptors (Lipinski definition) is 5. The van der Waals surface area contributed by atoms with Crippen LogP contribution in [0.2, 0.25) is 0 Å². The number of aliphatic hydroxyl groups is 1. The summed E-state index contributed by atoms with van der Waals surface area (Å²) in [7, 11) is 0. The van der Waals surface area contributed by atoms with E-state index < -0.39 is 0 Å². The third kappa shape index (κ3) is 4.06. The van der Waals surface area contributed by atoms with Gasteiger partial charge in [0.25, 0.3) is 0 Å². The lowest BCUT2D eigenvalue weighted by atomic mass is 9.79. The Morgan fingerprint density at radius 2 is 2.06 bits per heavy atom. The standard InChI is InChI=1S/C25H29N5O3/c1-15-24(28-20-7-8-26-23(33)12-20)21-11-18(19-13-27-29(14-19)9-10-31)5-6-22(21)30(16(2)32)25(15)17-3-4-17/h5-8,11-15,17,24-25,31H,3-4,9-10H2,1-2H3,(H2,26,28,33)/t15-,24-,25-/m1/s1. The van der Waals surface area contributed by atoms with Crippen molar-refractivity contribution in [2.45, 2.75) is 45.3 Å². The number of benzene rings is 1. The van der Waals surface area contributed by atoms with E-state index in [2.05, 4.69) is 28.4 Å². The minimum absolute atomic E-state index is 0.0289. The first kappa shape index (κ1) is 21.5. The molecule has 0 spiro atoms. The van der Waals surface area contributed by atoms with E-state index in [4.69, 9.17) is 0 Å². The number of pyridine rings is 1. The van der Waals surface area contributed by atoms with Gasteiger partial charge in [-0.2, -0.15) is 5.10 Å². The Hall–Kier alpha value is -3.39. The molecule has 3 heterocycles. The second kappa shape index (κ2) is 8.51. The van der Waals surface area contributed by atoms with Gasteiger partial charge in [-0.05, 0) is 48.1 Å². The fourth-order valence-corrected chi connectivity index (χ4v) is 5.20. The molecular weight excluding hydrogens is 418 g/mol. The fourth-order valence-electron chi connectivity index (χ4n) is 5.20. The van der Waals surface area contributed by atoms with Crippen LogP contribution in [0.25, 0.3) is 11.1 Å². The summed E-state index contributed by atoms with van der Waals surface area (Å²) in [5.74, 6) is 0.704. The second-order valence-electron chi connectivity index (χ2n) is 9.13. The molecule has 1 aliphatic heterocycles. The van der Waals surface area contributed by atoms with Gasteiger partial charge in [0.1, 0.15) is 0 Å². The maximum absolute atomic E-state index is 12.8. The number of carbonyl (C=O) groups is 1. The van der Waals surface area contributed by atoms with Crippen LogP contribution in [-0.4, -0.2) is 38.4 Å². The molecule has 2 aliphatic rings. The third-order valence-electron chi connectivity index (χ3n) is 6.82. The van der Waals surface area contributed by atoms with Crippen molar-refractivity contribution >= 4 is 17.3 Å². The Morgan fingerprint density at radius 1 is 1.24 bits per heavy atom. The van der Waals surface area contributed by atoms with E-state index in [9.17, 15) is 14.7 Å². The first-order valence-electron chi connectivity index (χ1n) is 11.5. The van der Waals surface area contributed by atoms with Gasteiger partial charge < -0.3 is 20.3 Å². The van der Waals surface area contributed by atoms with Crippen LogP contribution in [0.15, 0.2) is 53.7 Å². The van der Waals surface area contributed by atoms with Gasteiger partial charge in [0.2, 0.25) is 11.5 Å². The maximum Gasteiger partial charge on any atom is 0.249 e. The highest BCUT2D eigenvalue weighted by molar-refractivity contribution is 5.94. The van der Waals surface area contributed by atoms with Gasteiger partial charge in [0.05, 0.1) is 25.4 Å². The predicted molar refractivity (Wildman–Crippen MR) is 127 cm³/mol. The molecule has 5 rings (SSSR count). The lowest BCUT2D eigenvalue weighted by Crippen LogP contribution is -2.51. The Bertz CT molecular complexity index is 1230. The summed E-state index contributed by atoms with van der Waals surface area (Å²) in [6.45, 7) is 4.30. The fraction of sp³-hybridized carbons (Fsp3) is 0.400. The number of aromatic amines is 1. The average molecular weight is 448 g/mol. The number of amides is 1. The van der Waals surface area contributed by atoms with E-state index in [0.717, 1.165) is 40.9 Å². The highest BCUT2D eigenvalue weighted by Gasteiger charge is 2.47. The van der Waals surface area contributed by atoms with E-state index in [1.54, 1.807) is 30.1 Å². The van der Waals surface area contributed by atoms with E-state index >= 15 is 0 Å². The molecule has 33 heavy (non-hydrogen) atoms. The van der Waals surface area contributed by atoms with Crippen LogP contribution in [0, 0.1) is 11.8 Å². The second-order valence-corrected chi connectivity index (χ2v) is 9.13. The Kier molecular flexibility index (Phi) is 5.54. The number of carbonyl (C=O) groups excluding carboxylic acids is 1. The zero-order valence-electron chi connectivity index (χ0n) is 18.9. The van der Waals surface area contributed by atoms with Crippen molar-refractivity contribution in [2.75, 3.05) is 16.8 Å². The van der Waals surface area contributed by atoms with E-state index in [-0.39, 0.29) is 36.1 Å². The SMILES string of the molecule is CC(=O)N1c2ccc(-c3cnn(CCO)c3)cc2[C@H](Nc2cc[nH]c(=O)c2)[C@@H](C)[C@@H]1C1CC1. The molecule has 1 aliphatic carbocycles. The molecule has 3 aromatic rings. The average Bonchev–Trinajstić information content (AvgIpc) is 3.52. The molecule has 0 bridgehead atoms.